The minimum absolute atomic E-state index is 0.555. The van der Waals surface area contributed by atoms with E-state index in [0.717, 1.165) is 36.2 Å². The first-order chi connectivity index (χ1) is 10.3. The van der Waals surface area contributed by atoms with Crippen LogP contribution < -0.4 is 10.6 Å². The molecule has 0 aliphatic rings. The van der Waals surface area contributed by atoms with Gasteiger partial charge in [0.15, 0.2) is 17.3 Å². The number of imidazole rings is 1. The number of fused-ring (bicyclic) bond motifs is 1. The van der Waals surface area contributed by atoms with Gasteiger partial charge in [0.2, 0.25) is 0 Å². The molecule has 0 aliphatic heterocycles. The van der Waals surface area contributed by atoms with Crippen molar-refractivity contribution >= 4 is 17.3 Å². The summed E-state index contributed by atoms with van der Waals surface area (Å²) in [4.78, 5) is 8.88. The molecule has 3 rings (SSSR count). The van der Waals surface area contributed by atoms with Crippen LogP contribution in [-0.4, -0.2) is 35.7 Å². The molecule has 0 aromatic carbocycles. The van der Waals surface area contributed by atoms with E-state index in [1.807, 2.05) is 28.3 Å². The summed E-state index contributed by atoms with van der Waals surface area (Å²) in [7, 11) is 0. The van der Waals surface area contributed by atoms with E-state index in [2.05, 4.69) is 37.7 Å². The van der Waals surface area contributed by atoms with Crippen molar-refractivity contribution in [3.05, 3.63) is 30.7 Å². The maximum absolute atomic E-state index is 4.55. The van der Waals surface area contributed by atoms with E-state index in [4.69, 9.17) is 0 Å². The second-order valence-electron chi connectivity index (χ2n) is 4.55. The molecule has 0 fully saturated rings. The Hall–Kier alpha value is -2.64. The topological polar surface area (TPSA) is 85.0 Å². The SMILES string of the molecule is CCNc1cn2ccnc2c(NCc2nncn2CC)n1. The van der Waals surface area contributed by atoms with E-state index in [9.17, 15) is 0 Å². The van der Waals surface area contributed by atoms with Crippen LogP contribution in [0.5, 0.6) is 0 Å². The van der Waals surface area contributed by atoms with Gasteiger partial charge in [-0.1, -0.05) is 0 Å². The van der Waals surface area contributed by atoms with Gasteiger partial charge in [-0.3, -0.25) is 0 Å². The molecule has 8 nitrogen and oxygen atoms in total. The number of hydrogen-bond acceptors (Lipinski definition) is 6. The van der Waals surface area contributed by atoms with Gasteiger partial charge in [0.1, 0.15) is 12.1 Å². The van der Waals surface area contributed by atoms with Crippen LogP contribution in [0.25, 0.3) is 5.65 Å². The van der Waals surface area contributed by atoms with Gasteiger partial charge in [0, 0.05) is 25.5 Å². The zero-order valence-electron chi connectivity index (χ0n) is 12.1. The molecule has 3 aromatic heterocycles. The fourth-order valence-electron chi connectivity index (χ4n) is 2.16. The lowest BCUT2D eigenvalue weighted by Crippen LogP contribution is -2.11. The first-order valence-electron chi connectivity index (χ1n) is 7.00. The molecule has 3 aromatic rings. The third-order valence-corrected chi connectivity index (χ3v) is 3.18. The number of rotatable bonds is 6. The molecule has 0 unspecified atom stereocenters. The minimum atomic E-state index is 0.555. The molecule has 0 amide bonds. The third kappa shape index (κ3) is 2.64. The first-order valence-corrected chi connectivity index (χ1v) is 7.00. The van der Waals surface area contributed by atoms with Crippen LogP contribution in [0.4, 0.5) is 11.6 Å². The zero-order valence-corrected chi connectivity index (χ0v) is 12.1. The molecule has 0 saturated carbocycles. The summed E-state index contributed by atoms with van der Waals surface area (Å²) in [6.07, 6.45) is 7.31. The Kier molecular flexibility index (Phi) is 3.67. The van der Waals surface area contributed by atoms with Crippen LogP contribution in [0, 0.1) is 0 Å². The predicted molar refractivity (Wildman–Crippen MR) is 80.2 cm³/mol. The summed E-state index contributed by atoms with van der Waals surface area (Å²) >= 11 is 0. The van der Waals surface area contributed by atoms with E-state index in [1.54, 1.807) is 12.5 Å². The van der Waals surface area contributed by atoms with Crippen molar-refractivity contribution in [1.82, 2.24) is 29.1 Å². The fourth-order valence-corrected chi connectivity index (χ4v) is 2.16. The van der Waals surface area contributed by atoms with Gasteiger partial charge in [-0.05, 0) is 13.8 Å². The number of hydrogen-bond donors (Lipinski definition) is 2. The number of aromatic nitrogens is 6. The molecule has 21 heavy (non-hydrogen) atoms. The lowest BCUT2D eigenvalue weighted by molar-refractivity contribution is 0.707. The van der Waals surface area contributed by atoms with E-state index in [1.165, 1.54) is 0 Å². The Morgan fingerprint density at radius 1 is 1.24 bits per heavy atom. The summed E-state index contributed by atoms with van der Waals surface area (Å²) in [6, 6.07) is 0. The minimum Gasteiger partial charge on any atom is -0.369 e. The second-order valence-corrected chi connectivity index (χ2v) is 4.55. The van der Waals surface area contributed by atoms with Crippen molar-refractivity contribution in [2.45, 2.75) is 26.9 Å². The van der Waals surface area contributed by atoms with E-state index < -0.39 is 0 Å². The van der Waals surface area contributed by atoms with Crippen molar-refractivity contribution in [2.75, 3.05) is 17.2 Å². The Morgan fingerprint density at radius 3 is 2.95 bits per heavy atom. The highest BCUT2D eigenvalue weighted by Crippen LogP contribution is 2.16. The number of anilines is 2. The van der Waals surface area contributed by atoms with Crippen LogP contribution in [0.1, 0.15) is 19.7 Å². The maximum atomic E-state index is 4.55. The molecule has 0 spiro atoms. The fraction of sp³-hybridized carbons (Fsp3) is 0.385. The van der Waals surface area contributed by atoms with E-state index >= 15 is 0 Å². The van der Waals surface area contributed by atoms with E-state index in [-0.39, 0.29) is 0 Å². The van der Waals surface area contributed by atoms with Gasteiger partial charge in [-0.25, -0.2) is 9.97 Å². The lowest BCUT2D eigenvalue weighted by atomic mass is 10.5. The summed E-state index contributed by atoms with van der Waals surface area (Å²) in [5, 5.41) is 14.5. The molecular formula is C13H18N8. The van der Waals surface area contributed by atoms with Gasteiger partial charge in [-0.2, -0.15) is 0 Å². The molecule has 8 heteroatoms. The largest absolute Gasteiger partial charge is 0.369 e. The molecule has 0 radical (unpaired) electrons. The average molecular weight is 286 g/mol. The molecule has 110 valence electrons. The Labute approximate surface area is 122 Å². The van der Waals surface area contributed by atoms with Crippen molar-refractivity contribution in [3.8, 4) is 0 Å². The summed E-state index contributed by atoms with van der Waals surface area (Å²) in [5.41, 5.74) is 0.791. The highest BCUT2D eigenvalue weighted by molar-refractivity contribution is 5.65. The highest BCUT2D eigenvalue weighted by atomic mass is 15.3. The third-order valence-electron chi connectivity index (χ3n) is 3.18. The van der Waals surface area contributed by atoms with Crippen LogP contribution in [0.3, 0.4) is 0 Å². The molecular weight excluding hydrogens is 268 g/mol. The Morgan fingerprint density at radius 2 is 2.14 bits per heavy atom. The number of nitrogens with zero attached hydrogens (tertiary/aromatic N) is 6. The average Bonchev–Trinajstić information content (AvgIpc) is 3.13. The summed E-state index contributed by atoms with van der Waals surface area (Å²) < 4.78 is 3.93. The van der Waals surface area contributed by atoms with Crippen LogP contribution >= 0.6 is 0 Å². The molecule has 0 saturated heterocycles. The molecule has 0 aliphatic carbocycles. The molecule has 0 atom stereocenters. The Balaban J connectivity index is 1.87. The van der Waals surface area contributed by atoms with Gasteiger partial charge < -0.3 is 19.6 Å². The van der Waals surface area contributed by atoms with Crippen molar-refractivity contribution in [2.24, 2.45) is 0 Å². The quantitative estimate of drug-likeness (QED) is 0.712. The predicted octanol–water partition coefficient (Wildman–Crippen LogP) is 1.38. The first kappa shape index (κ1) is 13.3. The molecule has 3 heterocycles. The van der Waals surface area contributed by atoms with Gasteiger partial charge in [0.05, 0.1) is 12.7 Å². The van der Waals surface area contributed by atoms with Gasteiger partial charge >= 0.3 is 0 Å². The van der Waals surface area contributed by atoms with Gasteiger partial charge in [-0.15, -0.1) is 10.2 Å². The molecule has 2 N–H and O–H groups in total. The maximum Gasteiger partial charge on any atom is 0.180 e. The number of nitrogens with one attached hydrogen (secondary N) is 2. The van der Waals surface area contributed by atoms with Gasteiger partial charge in [0.25, 0.3) is 0 Å². The smallest absolute Gasteiger partial charge is 0.180 e. The number of aryl methyl sites for hydroxylation is 1. The summed E-state index contributed by atoms with van der Waals surface area (Å²) in [6.45, 7) is 6.31. The van der Waals surface area contributed by atoms with Crippen molar-refractivity contribution in [3.63, 3.8) is 0 Å². The standard InChI is InChI=1S/C13H18N8/c1-3-14-10-8-21-6-5-15-13(21)12(18-10)16-7-11-19-17-9-20(11)4-2/h5-6,8-9,14H,3-4,7H2,1-2H3,(H,16,18). The zero-order chi connectivity index (χ0) is 14.7. The second kappa shape index (κ2) is 5.78. The van der Waals surface area contributed by atoms with Crippen molar-refractivity contribution in [1.29, 1.82) is 0 Å². The normalized spacial score (nSPS) is 11.0. The summed E-state index contributed by atoms with van der Waals surface area (Å²) in [5.74, 6) is 2.41. The van der Waals surface area contributed by atoms with E-state index in [0.29, 0.717) is 6.54 Å². The molecule has 0 bridgehead atoms. The van der Waals surface area contributed by atoms with Crippen LogP contribution in [0.15, 0.2) is 24.9 Å². The highest BCUT2D eigenvalue weighted by Gasteiger charge is 2.09. The van der Waals surface area contributed by atoms with Crippen molar-refractivity contribution < 1.29 is 0 Å². The van der Waals surface area contributed by atoms with Crippen LogP contribution in [0.2, 0.25) is 0 Å². The monoisotopic (exact) mass is 286 g/mol. The van der Waals surface area contributed by atoms with Crippen LogP contribution in [-0.2, 0) is 13.1 Å². The lowest BCUT2D eigenvalue weighted by Gasteiger charge is -2.10. The Bertz CT molecular complexity index is 729.